The number of benzene rings is 2. The van der Waals surface area contributed by atoms with E-state index >= 15 is 0 Å². The van der Waals surface area contributed by atoms with Gasteiger partial charge in [-0.05, 0) is 55.3 Å². The maximum atomic E-state index is 13.2. The van der Waals surface area contributed by atoms with Gasteiger partial charge in [0.05, 0.1) is 18.1 Å². The minimum Gasteiger partial charge on any atom is -0.484 e. The van der Waals surface area contributed by atoms with Gasteiger partial charge in [-0.1, -0.05) is 37.1 Å². The Morgan fingerprint density at radius 1 is 1.11 bits per heavy atom. The van der Waals surface area contributed by atoms with Gasteiger partial charge >= 0.3 is 0 Å². The lowest BCUT2D eigenvalue weighted by Gasteiger charge is -2.29. The summed E-state index contributed by atoms with van der Waals surface area (Å²) in [5.74, 6) is -0.271. The highest BCUT2D eigenvalue weighted by atomic mass is 35.5. The average Bonchev–Trinajstić information content (AvgIpc) is 2.91. The van der Waals surface area contributed by atoms with E-state index in [9.17, 15) is 18.0 Å². The lowest BCUT2D eigenvalue weighted by atomic mass is 10.1. The second kappa shape index (κ2) is 13.8. The molecule has 11 heteroatoms. The van der Waals surface area contributed by atoms with Crippen LogP contribution in [0.4, 0.5) is 0 Å². The van der Waals surface area contributed by atoms with Crippen molar-refractivity contribution in [2.75, 3.05) is 39.5 Å². The standard InChI is InChI=1S/C26H34ClN3O6S/c1-3-4-13-28-26(32)20(2)30(18-21-5-7-22(27)8-6-21)25(31)19-36-23-9-11-24(12-10-23)37(33,34)29-14-16-35-17-15-29/h5-12,20H,3-4,13-19H2,1-2H3,(H,28,32)/t20-/m0/s1. The van der Waals surface area contributed by atoms with Crippen LogP contribution in [0.2, 0.25) is 5.02 Å². The summed E-state index contributed by atoms with van der Waals surface area (Å²) in [7, 11) is -3.62. The minimum absolute atomic E-state index is 0.148. The number of nitrogens with one attached hydrogen (secondary N) is 1. The van der Waals surface area contributed by atoms with Crippen molar-refractivity contribution in [3.63, 3.8) is 0 Å². The maximum absolute atomic E-state index is 13.2. The molecule has 0 saturated carbocycles. The summed E-state index contributed by atoms with van der Waals surface area (Å²) in [6, 6.07) is 12.3. The van der Waals surface area contributed by atoms with Crippen molar-refractivity contribution >= 4 is 33.4 Å². The van der Waals surface area contributed by atoms with Crippen LogP contribution in [0, 0.1) is 0 Å². The van der Waals surface area contributed by atoms with Crippen molar-refractivity contribution < 1.29 is 27.5 Å². The summed E-state index contributed by atoms with van der Waals surface area (Å²) in [6.07, 6.45) is 1.80. The Bertz CT molecular complexity index is 1140. The Morgan fingerprint density at radius 3 is 2.38 bits per heavy atom. The fourth-order valence-corrected chi connectivity index (χ4v) is 5.31. The van der Waals surface area contributed by atoms with Crippen LogP contribution in [0.3, 0.4) is 0 Å². The number of amides is 2. The summed E-state index contributed by atoms with van der Waals surface area (Å²) in [5, 5.41) is 3.45. The number of halogens is 1. The maximum Gasteiger partial charge on any atom is 0.261 e. The van der Waals surface area contributed by atoms with Gasteiger partial charge < -0.3 is 19.7 Å². The van der Waals surface area contributed by atoms with Crippen LogP contribution in [0.15, 0.2) is 53.4 Å². The Morgan fingerprint density at radius 2 is 1.76 bits per heavy atom. The predicted octanol–water partition coefficient (Wildman–Crippen LogP) is 3.07. The van der Waals surface area contributed by atoms with Gasteiger partial charge in [0, 0.05) is 31.2 Å². The average molecular weight is 552 g/mol. The summed E-state index contributed by atoms with van der Waals surface area (Å²) < 4.78 is 37.9. The van der Waals surface area contributed by atoms with Crippen LogP contribution in [-0.4, -0.2) is 74.9 Å². The van der Waals surface area contributed by atoms with E-state index < -0.39 is 16.1 Å². The Labute approximate surface area is 223 Å². The van der Waals surface area contributed by atoms with Gasteiger partial charge in [-0.15, -0.1) is 0 Å². The van der Waals surface area contributed by atoms with Gasteiger partial charge in [-0.25, -0.2) is 8.42 Å². The van der Waals surface area contributed by atoms with Gasteiger partial charge in [0.1, 0.15) is 11.8 Å². The first kappa shape index (κ1) is 28.9. The summed E-state index contributed by atoms with van der Waals surface area (Å²) >= 11 is 5.99. The number of rotatable bonds is 12. The van der Waals surface area contributed by atoms with Crippen molar-refractivity contribution in [1.82, 2.24) is 14.5 Å². The first-order valence-electron chi connectivity index (χ1n) is 12.3. The number of hydrogen-bond acceptors (Lipinski definition) is 6. The van der Waals surface area contributed by atoms with E-state index in [2.05, 4.69) is 5.32 Å². The summed E-state index contributed by atoms with van der Waals surface area (Å²) in [6.45, 7) is 5.50. The third kappa shape index (κ3) is 8.16. The van der Waals surface area contributed by atoms with Crippen molar-refractivity contribution in [2.45, 2.75) is 44.2 Å². The topological polar surface area (TPSA) is 105 Å². The minimum atomic E-state index is -3.62. The molecule has 202 valence electrons. The smallest absolute Gasteiger partial charge is 0.261 e. The fourth-order valence-electron chi connectivity index (χ4n) is 3.78. The molecule has 9 nitrogen and oxygen atoms in total. The Balaban J connectivity index is 1.67. The molecule has 0 radical (unpaired) electrons. The monoisotopic (exact) mass is 551 g/mol. The normalized spacial score (nSPS) is 15.1. The quantitative estimate of drug-likeness (QED) is 0.406. The van der Waals surface area contributed by atoms with E-state index in [-0.39, 0.29) is 29.9 Å². The molecule has 1 heterocycles. The number of carbonyl (C=O) groups excluding carboxylic acids is 2. The molecular weight excluding hydrogens is 518 g/mol. The zero-order chi connectivity index (χ0) is 26.8. The first-order chi connectivity index (χ1) is 17.7. The predicted molar refractivity (Wildman–Crippen MR) is 141 cm³/mol. The number of ether oxygens (including phenoxy) is 2. The molecule has 0 aliphatic carbocycles. The van der Waals surface area contributed by atoms with E-state index in [1.807, 2.05) is 6.92 Å². The molecule has 1 aliphatic rings. The first-order valence-corrected chi connectivity index (χ1v) is 14.2. The fraction of sp³-hybridized carbons (Fsp3) is 0.462. The SMILES string of the molecule is CCCCNC(=O)[C@H](C)N(Cc1ccc(Cl)cc1)C(=O)COc1ccc(S(=O)(=O)N2CCOCC2)cc1. The van der Waals surface area contributed by atoms with E-state index in [0.717, 1.165) is 18.4 Å². The number of sulfonamides is 1. The van der Waals surface area contributed by atoms with Crippen molar-refractivity contribution in [3.05, 3.63) is 59.1 Å². The van der Waals surface area contributed by atoms with Gasteiger partial charge in [0.25, 0.3) is 5.91 Å². The lowest BCUT2D eigenvalue weighted by Crippen LogP contribution is -2.49. The molecule has 0 aromatic heterocycles. The molecule has 0 unspecified atom stereocenters. The Hall–Kier alpha value is -2.66. The highest BCUT2D eigenvalue weighted by Crippen LogP contribution is 2.21. The second-order valence-corrected chi connectivity index (χ2v) is 11.1. The molecule has 1 fully saturated rings. The van der Waals surface area contributed by atoms with Crippen LogP contribution in [0.1, 0.15) is 32.3 Å². The van der Waals surface area contributed by atoms with Gasteiger partial charge in [0.15, 0.2) is 6.61 Å². The Kier molecular flexibility index (Phi) is 10.7. The zero-order valence-corrected chi connectivity index (χ0v) is 22.8. The number of nitrogens with zero attached hydrogens (tertiary/aromatic N) is 2. The lowest BCUT2D eigenvalue weighted by molar-refractivity contribution is -0.142. The molecule has 1 N–H and O–H groups in total. The molecule has 1 aliphatic heterocycles. The third-order valence-corrected chi connectivity index (χ3v) is 8.22. The molecule has 0 bridgehead atoms. The van der Waals surface area contributed by atoms with E-state index in [1.165, 1.54) is 33.5 Å². The highest BCUT2D eigenvalue weighted by Gasteiger charge is 2.28. The van der Waals surface area contributed by atoms with Crippen molar-refractivity contribution in [1.29, 1.82) is 0 Å². The highest BCUT2D eigenvalue weighted by molar-refractivity contribution is 7.89. The van der Waals surface area contributed by atoms with Gasteiger partial charge in [0.2, 0.25) is 15.9 Å². The van der Waals surface area contributed by atoms with Crippen molar-refractivity contribution in [2.24, 2.45) is 0 Å². The van der Waals surface area contributed by atoms with Gasteiger partial charge in [-0.2, -0.15) is 4.31 Å². The molecule has 2 aromatic carbocycles. The number of hydrogen-bond donors (Lipinski definition) is 1. The van der Waals surface area contributed by atoms with Crippen LogP contribution in [0.25, 0.3) is 0 Å². The summed E-state index contributed by atoms with van der Waals surface area (Å²) in [5.41, 5.74) is 0.823. The third-order valence-electron chi connectivity index (χ3n) is 6.06. The molecule has 37 heavy (non-hydrogen) atoms. The van der Waals surface area contributed by atoms with Gasteiger partial charge in [-0.3, -0.25) is 9.59 Å². The molecule has 1 atom stereocenters. The number of carbonyl (C=O) groups is 2. The largest absolute Gasteiger partial charge is 0.484 e. The number of morpholine rings is 1. The van der Waals surface area contributed by atoms with E-state index in [0.29, 0.717) is 43.6 Å². The number of unbranched alkanes of at least 4 members (excludes halogenated alkanes) is 1. The van der Waals surface area contributed by atoms with E-state index in [4.69, 9.17) is 21.1 Å². The van der Waals surface area contributed by atoms with E-state index in [1.54, 1.807) is 31.2 Å². The molecular formula is C26H34ClN3O6S. The van der Waals surface area contributed by atoms with Crippen LogP contribution >= 0.6 is 11.6 Å². The van der Waals surface area contributed by atoms with Crippen molar-refractivity contribution in [3.8, 4) is 5.75 Å². The van der Waals surface area contributed by atoms with Crippen LogP contribution in [0.5, 0.6) is 5.75 Å². The van der Waals surface area contributed by atoms with Crippen LogP contribution < -0.4 is 10.1 Å². The molecule has 1 saturated heterocycles. The molecule has 0 spiro atoms. The zero-order valence-electron chi connectivity index (χ0n) is 21.2. The molecule has 2 amide bonds. The molecule has 3 rings (SSSR count). The summed E-state index contributed by atoms with van der Waals surface area (Å²) in [4.78, 5) is 27.5. The second-order valence-electron chi connectivity index (χ2n) is 8.75. The molecule has 2 aromatic rings. The van der Waals surface area contributed by atoms with Crippen LogP contribution in [-0.2, 0) is 30.9 Å².